The summed E-state index contributed by atoms with van der Waals surface area (Å²) in [6.45, 7) is 6.36. The van der Waals surface area contributed by atoms with Crippen LogP contribution in [0.3, 0.4) is 0 Å². The maximum absolute atomic E-state index is 13.3. The van der Waals surface area contributed by atoms with Crippen LogP contribution >= 0.6 is 11.6 Å². The average molecular weight is 744 g/mol. The van der Waals surface area contributed by atoms with Gasteiger partial charge in [-0.25, -0.2) is 9.78 Å². The molecule has 2 aliphatic heterocycles. The molecule has 0 aliphatic carbocycles. The Morgan fingerprint density at radius 2 is 1.85 bits per heavy atom. The smallest absolute Gasteiger partial charge is 0.328 e. The predicted molar refractivity (Wildman–Crippen MR) is 202 cm³/mol. The highest BCUT2D eigenvalue weighted by molar-refractivity contribution is 6.33. The van der Waals surface area contributed by atoms with Crippen molar-refractivity contribution in [2.45, 2.75) is 51.2 Å². The predicted octanol–water partition coefficient (Wildman–Crippen LogP) is 2.86. The lowest BCUT2D eigenvalue weighted by Gasteiger charge is -2.34. The fourth-order valence-corrected chi connectivity index (χ4v) is 7.14. The van der Waals surface area contributed by atoms with Crippen molar-refractivity contribution in [1.82, 2.24) is 39.1 Å². The molecule has 3 aromatic heterocycles. The minimum Gasteiger partial charge on any atom is -0.390 e. The molecule has 278 valence electrons. The Balaban J connectivity index is 0.988. The highest BCUT2D eigenvalue weighted by Gasteiger charge is 2.32. The molecule has 17 heteroatoms. The normalized spacial score (nSPS) is 17.1. The summed E-state index contributed by atoms with van der Waals surface area (Å²) >= 11 is 6.53. The number of halogens is 1. The largest absolute Gasteiger partial charge is 0.390 e. The lowest BCUT2D eigenvalue weighted by atomic mass is 9.92. The number of rotatable bonds is 10. The molecule has 1 unspecified atom stereocenters. The van der Waals surface area contributed by atoms with Gasteiger partial charge in [0, 0.05) is 64.3 Å². The summed E-state index contributed by atoms with van der Waals surface area (Å²) < 4.78 is 4.91. The van der Waals surface area contributed by atoms with E-state index < -0.39 is 11.5 Å². The first-order chi connectivity index (χ1) is 25.3. The maximum Gasteiger partial charge on any atom is 0.328 e. The first-order valence-electron chi connectivity index (χ1n) is 17.5. The summed E-state index contributed by atoms with van der Waals surface area (Å²) in [5.74, 6) is -0.434. The van der Waals surface area contributed by atoms with Gasteiger partial charge in [0.2, 0.25) is 23.7 Å². The van der Waals surface area contributed by atoms with Gasteiger partial charge in [-0.3, -0.25) is 38.4 Å². The molecule has 2 aromatic carbocycles. The fourth-order valence-electron chi connectivity index (χ4n) is 7.00. The third-order valence-electron chi connectivity index (χ3n) is 9.85. The summed E-state index contributed by atoms with van der Waals surface area (Å²) in [4.78, 5) is 63.8. The zero-order valence-electron chi connectivity index (χ0n) is 30.0. The van der Waals surface area contributed by atoms with Gasteiger partial charge in [0.05, 0.1) is 52.2 Å². The van der Waals surface area contributed by atoms with E-state index in [0.717, 1.165) is 16.4 Å². The van der Waals surface area contributed by atoms with Crippen LogP contribution in [0, 0.1) is 0 Å². The molecule has 0 saturated carbocycles. The number of nitrogens with zero attached hydrogens (tertiary/aromatic N) is 8. The van der Waals surface area contributed by atoms with Crippen LogP contribution in [0.1, 0.15) is 44.7 Å². The number of imidazole rings is 1. The van der Waals surface area contributed by atoms with Crippen molar-refractivity contribution >= 4 is 74.4 Å². The molecule has 0 spiro atoms. The Hall–Kier alpha value is -5.32. The van der Waals surface area contributed by atoms with E-state index in [1.165, 1.54) is 0 Å². The summed E-state index contributed by atoms with van der Waals surface area (Å²) in [5.41, 5.74) is 3.00. The molecule has 16 nitrogen and oxygen atoms in total. The van der Waals surface area contributed by atoms with Gasteiger partial charge in [-0.05, 0) is 51.0 Å². The number of piperidine rings is 1. The minimum atomic E-state index is -0.914. The number of anilines is 4. The van der Waals surface area contributed by atoms with Crippen LogP contribution < -0.4 is 26.5 Å². The van der Waals surface area contributed by atoms with Gasteiger partial charge in [-0.15, -0.1) is 0 Å². The number of para-hydroxylation sites is 1. The number of benzene rings is 2. The van der Waals surface area contributed by atoms with Gasteiger partial charge in [0.1, 0.15) is 5.02 Å². The SMILES string of the molecule is Cn1nc(C2CCC(=O)NC2=O)c2cccc(NC(=O)CN3CCN(c4ncc(Cl)c(Nc5ccc6c(c5)n(CCC(C)(C)O)c(=O)n6C)n4)CC3)c21. The molecule has 2 saturated heterocycles. The molecule has 4 N–H and O–H groups in total. The number of hydrogen-bond acceptors (Lipinski definition) is 11. The highest BCUT2D eigenvalue weighted by atomic mass is 35.5. The maximum atomic E-state index is 13.3. The van der Waals surface area contributed by atoms with E-state index in [9.17, 15) is 24.3 Å². The average Bonchev–Trinajstić information content (AvgIpc) is 3.57. The highest BCUT2D eigenvalue weighted by Crippen LogP contribution is 2.33. The van der Waals surface area contributed by atoms with Crippen molar-refractivity contribution in [2.75, 3.05) is 48.3 Å². The molecule has 0 radical (unpaired) electrons. The third kappa shape index (κ3) is 7.47. The van der Waals surface area contributed by atoms with Crippen molar-refractivity contribution in [3.8, 4) is 0 Å². The van der Waals surface area contributed by atoms with Crippen LogP contribution in [0.15, 0.2) is 47.4 Å². The minimum absolute atomic E-state index is 0.160. The Kier molecular flexibility index (Phi) is 9.69. The molecule has 5 aromatic rings. The lowest BCUT2D eigenvalue weighted by molar-refractivity contribution is -0.134. The monoisotopic (exact) mass is 743 g/mol. The quantitative estimate of drug-likeness (QED) is 0.154. The molecule has 1 atom stereocenters. The van der Waals surface area contributed by atoms with E-state index in [1.54, 1.807) is 48.0 Å². The van der Waals surface area contributed by atoms with E-state index >= 15 is 0 Å². The molecular weight excluding hydrogens is 702 g/mol. The second-order valence-corrected chi connectivity index (χ2v) is 14.7. The summed E-state index contributed by atoms with van der Waals surface area (Å²) in [7, 11) is 3.50. The molecule has 5 heterocycles. The van der Waals surface area contributed by atoms with Crippen molar-refractivity contribution in [2.24, 2.45) is 14.1 Å². The molecule has 0 bridgehead atoms. The van der Waals surface area contributed by atoms with Crippen LogP contribution in [0.4, 0.5) is 23.1 Å². The number of piperazine rings is 1. The number of amides is 3. The van der Waals surface area contributed by atoms with Crippen LogP contribution in [0.5, 0.6) is 0 Å². The van der Waals surface area contributed by atoms with Crippen molar-refractivity contribution in [1.29, 1.82) is 0 Å². The number of hydrogen-bond donors (Lipinski definition) is 4. The van der Waals surface area contributed by atoms with Gasteiger partial charge < -0.3 is 20.6 Å². The first-order valence-corrected chi connectivity index (χ1v) is 17.9. The van der Waals surface area contributed by atoms with Crippen molar-refractivity contribution in [3.05, 3.63) is 63.8 Å². The topological polar surface area (TPSA) is 185 Å². The standard InChI is InChI=1S/C36H42ClN11O5/c1-36(2,53)12-13-48-27-18-21(8-10-26(27)44(3)35(48)52)39-32-24(37)19-38-34(42-32)47-16-14-46(15-17-47)20-29(50)40-25-7-5-6-22-30(43-45(4)31(22)25)23-9-11-28(49)41-33(23)51/h5-8,10,18-19,23,53H,9,11-17,20H2,1-4H3,(H,40,50)(H,38,39,42)(H,41,49,51). The molecule has 2 fully saturated rings. The second-order valence-electron chi connectivity index (χ2n) is 14.3. The molecule has 3 amide bonds. The Bertz CT molecular complexity index is 2300. The number of aromatic nitrogens is 6. The third-order valence-corrected chi connectivity index (χ3v) is 10.1. The van der Waals surface area contributed by atoms with E-state index in [0.29, 0.717) is 84.9 Å². The molecule has 53 heavy (non-hydrogen) atoms. The van der Waals surface area contributed by atoms with Gasteiger partial charge in [0.25, 0.3) is 0 Å². The summed E-state index contributed by atoms with van der Waals surface area (Å²) in [6.07, 6.45) is 2.61. The van der Waals surface area contributed by atoms with E-state index in [4.69, 9.17) is 16.6 Å². The number of aliphatic hydroxyl groups is 1. The van der Waals surface area contributed by atoms with Crippen molar-refractivity contribution in [3.63, 3.8) is 0 Å². The lowest BCUT2D eigenvalue weighted by Crippen LogP contribution is -2.49. The molecule has 2 aliphatic rings. The van der Waals surface area contributed by atoms with Gasteiger partial charge in [-0.1, -0.05) is 23.7 Å². The fraction of sp³-hybridized carbons (Fsp3) is 0.417. The number of carbonyl (C=O) groups is 3. The summed E-state index contributed by atoms with van der Waals surface area (Å²) in [6, 6.07) is 11.1. The number of carbonyl (C=O) groups excluding carboxylic acids is 3. The van der Waals surface area contributed by atoms with Crippen LogP contribution in [-0.2, 0) is 35.0 Å². The molecule has 7 rings (SSSR count). The van der Waals surface area contributed by atoms with Gasteiger partial charge in [0.15, 0.2) is 5.82 Å². The second kappa shape index (κ2) is 14.2. The van der Waals surface area contributed by atoms with Crippen molar-refractivity contribution < 1.29 is 19.5 Å². The van der Waals surface area contributed by atoms with Crippen LogP contribution in [0.25, 0.3) is 21.9 Å². The Morgan fingerprint density at radius 1 is 1.08 bits per heavy atom. The van der Waals surface area contributed by atoms with Crippen LogP contribution in [0.2, 0.25) is 5.02 Å². The Morgan fingerprint density at radius 3 is 2.58 bits per heavy atom. The van der Waals surface area contributed by atoms with Gasteiger partial charge >= 0.3 is 5.69 Å². The zero-order chi connectivity index (χ0) is 37.6. The number of imide groups is 1. The van der Waals surface area contributed by atoms with E-state index in [-0.39, 0.29) is 36.4 Å². The van der Waals surface area contributed by atoms with E-state index in [1.807, 2.05) is 41.3 Å². The Labute approximate surface area is 309 Å². The number of aryl methyl sites for hydroxylation is 3. The van der Waals surface area contributed by atoms with Gasteiger partial charge in [-0.2, -0.15) is 10.1 Å². The zero-order valence-corrected chi connectivity index (χ0v) is 30.8. The van der Waals surface area contributed by atoms with Crippen LogP contribution in [-0.4, -0.2) is 94.9 Å². The summed E-state index contributed by atoms with van der Waals surface area (Å²) in [5, 5.41) is 24.7. The number of nitrogens with one attached hydrogen (secondary N) is 3. The number of fused-ring (bicyclic) bond motifs is 2. The molecular formula is C36H42ClN11O5. The first kappa shape index (κ1) is 36.1. The van der Waals surface area contributed by atoms with E-state index in [2.05, 4.69) is 30.9 Å².